The van der Waals surface area contributed by atoms with Gasteiger partial charge in [0, 0.05) is 51.3 Å². The van der Waals surface area contributed by atoms with E-state index in [1.54, 1.807) is 25.3 Å². The lowest BCUT2D eigenvalue weighted by atomic mass is 9.73. The van der Waals surface area contributed by atoms with Gasteiger partial charge in [0.05, 0.1) is 25.2 Å². The van der Waals surface area contributed by atoms with Crippen molar-refractivity contribution in [1.82, 2.24) is 9.80 Å². The van der Waals surface area contributed by atoms with Gasteiger partial charge in [0.1, 0.15) is 6.61 Å². The molecule has 2 saturated heterocycles. The summed E-state index contributed by atoms with van der Waals surface area (Å²) < 4.78 is 17.1. The zero-order chi connectivity index (χ0) is 17.0. The van der Waals surface area contributed by atoms with Gasteiger partial charge in [-0.3, -0.25) is 9.69 Å². The van der Waals surface area contributed by atoms with Crippen LogP contribution in [0.1, 0.15) is 24.8 Å². The summed E-state index contributed by atoms with van der Waals surface area (Å²) in [4.78, 5) is 15.8. The fourth-order valence-corrected chi connectivity index (χ4v) is 3.84. The summed E-state index contributed by atoms with van der Waals surface area (Å²) in [5, 5.41) is 0. The molecule has 24 heavy (non-hydrogen) atoms. The quantitative estimate of drug-likeness (QED) is 0.792. The van der Waals surface area contributed by atoms with E-state index in [9.17, 15) is 4.79 Å². The van der Waals surface area contributed by atoms with Gasteiger partial charge in [-0.1, -0.05) is 0 Å². The molecule has 6 heteroatoms. The van der Waals surface area contributed by atoms with Crippen molar-refractivity contribution in [3.8, 4) is 0 Å². The molecule has 2 fully saturated rings. The normalized spacial score (nSPS) is 27.7. The molecule has 0 N–H and O–H groups in total. The molecule has 0 aromatic carbocycles. The maximum Gasteiger partial charge on any atom is 0.248 e. The van der Waals surface area contributed by atoms with Crippen molar-refractivity contribution in [3.05, 3.63) is 24.2 Å². The molecule has 0 saturated carbocycles. The van der Waals surface area contributed by atoms with Gasteiger partial charge in [-0.2, -0.15) is 0 Å². The monoisotopic (exact) mass is 336 g/mol. The Morgan fingerprint density at radius 3 is 3.12 bits per heavy atom. The standard InChI is InChI=1S/C18H28N2O4/c1-19(2)17(21)12-23-14-18-6-3-8-24-16(18)4-7-20(13-18)10-15-5-9-22-11-15/h5,9,11,16H,3-4,6-8,10,12-14H2,1-2H3/t16-,18-/m1/s1. The van der Waals surface area contributed by atoms with Gasteiger partial charge in [0.15, 0.2) is 0 Å². The van der Waals surface area contributed by atoms with Gasteiger partial charge in [-0.25, -0.2) is 0 Å². The third-order valence-electron chi connectivity index (χ3n) is 5.17. The molecule has 2 aliphatic heterocycles. The molecule has 1 aromatic heterocycles. The molecule has 0 bridgehead atoms. The number of hydrogen-bond donors (Lipinski definition) is 0. The first-order valence-electron chi connectivity index (χ1n) is 8.72. The summed E-state index contributed by atoms with van der Waals surface area (Å²) in [5.41, 5.74) is 1.19. The largest absolute Gasteiger partial charge is 0.472 e. The molecule has 3 rings (SSSR count). The number of hydrogen-bond acceptors (Lipinski definition) is 5. The Kier molecular flexibility index (Phi) is 5.58. The average Bonchev–Trinajstić information content (AvgIpc) is 3.07. The Labute approximate surface area is 143 Å². The second-order valence-corrected chi connectivity index (χ2v) is 7.24. The number of likely N-dealkylation sites (tertiary alicyclic amines) is 1. The summed E-state index contributed by atoms with van der Waals surface area (Å²) in [6.07, 6.45) is 6.93. The molecule has 2 atom stereocenters. The second kappa shape index (κ2) is 7.68. The van der Waals surface area contributed by atoms with Crippen LogP contribution in [0.3, 0.4) is 0 Å². The van der Waals surface area contributed by atoms with Crippen LogP contribution in [0.25, 0.3) is 0 Å². The SMILES string of the molecule is CN(C)C(=O)COC[C@]12CCCO[C@@H]1CCN(Cc1ccoc1)C2. The average molecular weight is 336 g/mol. The molecule has 1 amide bonds. The van der Waals surface area contributed by atoms with Crippen molar-refractivity contribution in [1.29, 1.82) is 0 Å². The van der Waals surface area contributed by atoms with Crippen LogP contribution in [-0.2, 0) is 20.8 Å². The highest BCUT2D eigenvalue weighted by Gasteiger charge is 2.46. The molecule has 3 heterocycles. The van der Waals surface area contributed by atoms with E-state index in [1.165, 1.54) is 5.56 Å². The topological polar surface area (TPSA) is 55.2 Å². The summed E-state index contributed by atoms with van der Waals surface area (Å²) in [7, 11) is 3.51. The Morgan fingerprint density at radius 2 is 2.38 bits per heavy atom. The first kappa shape index (κ1) is 17.5. The summed E-state index contributed by atoms with van der Waals surface area (Å²) in [6.45, 7) is 4.42. The third-order valence-corrected chi connectivity index (χ3v) is 5.17. The maximum absolute atomic E-state index is 11.8. The van der Waals surface area contributed by atoms with Crippen LogP contribution < -0.4 is 0 Å². The number of rotatable bonds is 6. The highest BCUT2D eigenvalue weighted by Crippen LogP contribution is 2.40. The lowest BCUT2D eigenvalue weighted by molar-refractivity contribution is -0.160. The fourth-order valence-electron chi connectivity index (χ4n) is 3.84. The zero-order valence-electron chi connectivity index (χ0n) is 14.7. The molecular formula is C18H28N2O4. The van der Waals surface area contributed by atoms with Crippen molar-refractivity contribution in [3.63, 3.8) is 0 Å². The molecule has 0 aliphatic carbocycles. The number of nitrogens with zero attached hydrogens (tertiary/aromatic N) is 2. The van der Waals surface area contributed by atoms with Gasteiger partial charge < -0.3 is 18.8 Å². The molecule has 0 spiro atoms. The van der Waals surface area contributed by atoms with E-state index in [-0.39, 0.29) is 24.0 Å². The molecule has 0 radical (unpaired) electrons. The van der Waals surface area contributed by atoms with Gasteiger partial charge in [-0.05, 0) is 25.3 Å². The van der Waals surface area contributed by atoms with Crippen molar-refractivity contribution < 1.29 is 18.7 Å². The minimum Gasteiger partial charge on any atom is -0.472 e. The smallest absolute Gasteiger partial charge is 0.248 e. The number of piperidine rings is 1. The first-order valence-corrected chi connectivity index (χ1v) is 8.72. The van der Waals surface area contributed by atoms with E-state index in [2.05, 4.69) is 4.90 Å². The summed E-state index contributed by atoms with van der Waals surface area (Å²) in [6, 6.07) is 2.02. The van der Waals surface area contributed by atoms with E-state index in [1.807, 2.05) is 12.3 Å². The fraction of sp³-hybridized carbons (Fsp3) is 0.722. The van der Waals surface area contributed by atoms with E-state index >= 15 is 0 Å². The number of likely N-dealkylation sites (N-methyl/N-ethyl adjacent to an activating group) is 1. The van der Waals surface area contributed by atoms with Crippen molar-refractivity contribution in [2.24, 2.45) is 5.41 Å². The highest BCUT2D eigenvalue weighted by molar-refractivity contribution is 5.76. The minimum atomic E-state index is -0.00711. The number of ether oxygens (including phenoxy) is 2. The lowest BCUT2D eigenvalue weighted by Gasteiger charge is -2.50. The van der Waals surface area contributed by atoms with Crippen LogP contribution in [0, 0.1) is 5.41 Å². The van der Waals surface area contributed by atoms with Crippen LogP contribution in [0.4, 0.5) is 0 Å². The van der Waals surface area contributed by atoms with Gasteiger partial charge in [-0.15, -0.1) is 0 Å². The number of amides is 1. The first-order chi connectivity index (χ1) is 11.6. The predicted octanol–water partition coefficient (Wildman–Crippen LogP) is 1.76. The van der Waals surface area contributed by atoms with Crippen molar-refractivity contribution in [2.45, 2.75) is 31.9 Å². The second-order valence-electron chi connectivity index (χ2n) is 7.24. The Morgan fingerprint density at radius 1 is 1.50 bits per heavy atom. The van der Waals surface area contributed by atoms with Gasteiger partial charge >= 0.3 is 0 Å². The Bertz CT molecular complexity index is 531. The van der Waals surface area contributed by atoms with Crippen LogP contribution >= 0.6 is 0 Å². The highest BCUT2D eigenvalue weighted by atomic mass is 16.5. The maximum atomic E-state index is 11.8. The van der Waals surface area contributed by atoms with Crippen molar-refractivity contribution in [2.75, 3.05) is 47.0 Å². The molecule has 6 nitrogen and oxygen atoms in total. The molecular weight excluding hydrogens is 308 g/mol. The molecule has 1 aromatic rings. The lowest BCUT2D eigenvalue weighted by Crippen LogP contribution is -2.56. The van der Waals surface area contributed by atoms with E-state index < -0.39 is 0 Å². The van der Waals surface area contributed by atoms with Crippen molar-refractivity contribution >= 4 is 5.91 Å². The van der Waals surface area contributed by atoms with E-state index in [0.717, 1.165) is 45.5 Å². The van der Waals surface area contributed by atoms with Crippen LogP contribution in [-0.4, -0.2) is 68.8 Å². The third kappa shape index (κ3) is 3.99. The zero-order valence-corrected chi connectivity index (χ0v) is 14.7. The molecule has 0 unspecified atom stereocenters. The Balaban J connectivity index is 1.62. The summed E-state index contributed by atoms with van der Waals surface area (Å²) in [5.74, 6) is 0.00532. The van der Waals surface area contributed by atoms with Crippen LogP contribution in [0.15, 0.2) is 23.0 Å². The summed E-state index contributed by atoms with van der Waals surface area (Å²) >= 11 is 0. The number of fused-ring (bicyclic) bond motifs is 1. The Hall–Kier alpha value is -1.37. The van der Waals surface area contributed by atoms with E-state index in [0.29, 0.717) is 6.61 Å². The predicted molar refractivity (Wildman–Crippen MR) is 89.5 cm³/mol. The van der Waals surface area contributed by atoms with E-state index in [4.69, 9.17) is 13.9 Å². The van der Waals surface area contributed by atoms with Crippen LogP contribution in [0.5, 0.6) is 0 Å². The van der Waals surface area contributed by atoms with Gasteiger partial charge in [0.25, 0.3) is 0 Å². The molecule has 2 aliphatic rings. The number of carbonyl (C=O) groups excluding carboxylic acids is 1. The molecule has 134 valence electrons. The minimum absolute atomic E-state index is 0.00532. The van der Waals surface area contributed by atoms with Gasteiger partial charge in [0.2, 0.25) is 5.91 Å². The van der Waals surface area contributed by atoms with Crippen LogP contribution in [0.2, 0.25) is 0 Å². The number of carbonyl (C=O) groups is 1. The number of furan rings is 1.